The van der Waals surface area contributed by atoms with E-state index in [1.807, 2.05) is 18.2 Å². The second kappa shape index (κ2) is 6.34. The van der Waals surface area contributed by atoms with Crippen LogP contribution in [0.5, 0.6) is 0 Å². The molecule has 1 N–H and O–H groups in total. The van der Waals surface area contributed by atoms with Gasteiger partial charge in [0.2, 0.25) is 0 Å². The number of nitrogens with zero attached hydrogens (tertiary/aromatic N) is 1. The zero-order valence-electron chi connectivity index (χ0n) is 10.6. The number of halogens is 1. The van der Waals surface area contributed by atoms with Gasteiger partial charge >= 0.3 is 0 Å². The molecule has 1 atom stereocenters. The van der Waals surface area contributed by atoms with Crippen molar-refractivity contribution in [3.8, 4) is 0 Å². The van der Waals surface area contributed by atoms with Crippen molar-refractivity contribution in [2.75, 3.05) is 6.54 Å². The van der Waals surface area contributed by atoms with Crippen LogP contribution in [0, 0.1) is 0 Å². The van der Waals surface area contributed by atoms with Crippen LogP contribution in [-0.2, 0) is 0 Å². The first-order chi connectivity index (χ1) is 9.16. The fourth-order valence-corrected chi connectivity index (χ4v) is 1.92. The lowest BCUT2D eigenvalue weighted by Gasteiger charge is -2.12. The Hall–Kier alpha value is -1.87. The third-order valence-electron chi connectivity index (χ3n) is 2.89. The Morgan fingerprint density at radius 2 is 2.05 bits per heavy atom. The van der Waals surface area contributed by atoms with Crippen molar-refractivity contribution >= 4 is 17.5 Å². The molecule has 0 aliphatic carbocycles. The Morgan fingerprint density at radius 1 is 1.32 bits per heavy atom. The molecule has 2 rings (SSSR count). The second-order valence-corrected chi connectivity index (χ2v) is 4.82. The van der Waals surface area contributed by atoms with Crippen LogP contribution in [0.1, 0.15) is 28.9 Å². The van der Waals surface area contributed by atoms with E-state index in [1.165, 1.54) is 11.8 Å². The van der Waals surface area contributed by atoms with E-state index in [1.54, 1.807) is 12.1 Å². The molecule has 1 aromatic heterocycles. The Bertz CT molecular complexity index is 557. The third kappa shape index (κ3) is 3.80. The van der Waals surface area contributed by atoms with E-state index in [4.69, 9.17) is 11.6 Å². The number of carbonyl (C=O) groups is 1. The average molecular weight is 275 g/mol. The van der Waals surface area contributed by atoms with Gasteiger partial charge in [-0.3, -0.25) is 9.78 Å². The van der Waals surface area contributed by atoms with Gasteiger partial charge < -0.3 is 5.32 Å². The minimum atomic E-state index is -0.203. The first kappa shape index (κ1) is 13.6. The van der Waals surface area contributed by atoms with Gasteiger partial charge in [-0.25, -0.2) is 0 Å². The van der Waals surface area contributed by atoms with Gasteiger partial charge in [-0.15, -0.1) is 0 Å². The van der Waals surface area contributed by atoms with E-state index in [0.29, 0.717) is 17.3 Å². The number of carbonyl (C=O) groups excluding carboxylic acids is 1. The summed E-state index contributed by atoms with van der Waals surface area (Å²) in [5.74, 6) is 0.0506. The maximum Gasteiger partial charge on any atom is 0.269 e. The Kier molecular flexibility index (Phi) is 4.53. The van der Waals surface area contributed by atoms with Crippen molar-refractivity contribution in [3.05, 3.63) is 64.9 Å². The van der Waals surface area contributed by atoms with Crippen molar-refractivity contribution in [1.29, 1.82) is 0 Å². The van der Waals surface area contributed by atoms with Crippen molar-refractivity contribution in [1.82, 2.24) is 10.3 Å². The summed E-state index contributed by atoms with van der Waals surface area (Å²) < 4.78 is 0. The van der Waals surface area contributed by atoms with E-state index in [2.05, 4.69) is 29.4 Å². The summed E-state index contributed by atoms with van der Waals surface area (Å²) in [5.41, 5.74) is 1.54. The van der Waals surface area contributed by atoms with Crippen molar-refractivity contribution < 1.29 is 4.79 Å². The van der Waals surface area contributed by atoms with Crippen molar-refractivity contribution in [3.63, 3.8) is 0 Å². The fourth-order valence-electron chi connectivity index (χ4n) is 1.76. The predicted molar refractivity (Wildman–Crippen MR) is 76.4 cm³/mol. The minimum Gasteiger partial charge on any atom is -0.350 e. The molecule has 98 valence electrons. The lowest BCUT2D eigenvalue weighted by molar-refractivity contribution is 0.0946. The highest BCUT2D eigenvalue weighted by molar-refractivity contribution is 6.30. The third-order valence-corrected chi connectivity index (χ3v) is 3.13. The zero-order valence-corrected chi connectivity index (χ0v) is 11.4. The number of benzene rings is 1. The summed E-state index contributed by atoms with van der Waals surface area (Å²) in [5, 5.41) is 3.37. The van der Waals surface area contributed by atoms with Gasteiger partial charge in [-0.05, 0) is 23.6 Å². The van der Waals surface area contributed by atoms with Gasteiger partial charge in [0.05, 0.1) is 0 Å². The molecule has 0 unspecified atom stereocenters. The molecule has 1 heterocycles. The first-order valence-corrected chi connectivity index (χ1v) is 6.49. The van der Waals surface area contributed by atoms with Crippen LogP contribution in [0.3, 0.4) is 0 Å². The first-order valence-electron chi connectivity index (χ1n) is 6.11. The number of pyridine rings is 1. The topological polar surface area (TPSA) is 42.0 Å². The normalized spacial score (nSPS) is 11.9. The summed E-state index contributed by atoms with van der Waals surface area (Å²) in [6, 6.07) is 13.3. The van der Waals surface area contributed by atoms with Gasteiger partial charge in [-0.2, -0.15) is 0 Å². The van der Waals surface area contributed by atoms with Crippen molar-refractivity contribution in [2.24, 2.45) is 0 Å². The van der Waals surface area contributed by atoms with E-state index in [-0.39, 0.29) is 11.8 Å². The molecule has 2 aromatic rings. The average Bonchev–Trinajstić information content (AvgIpc) is 2.45. The molecule has 0 saturated carbocycles. The monoisotopic (exact) mass is 274 g/mol. The molecule has 0 fully saturated rings. The minimum absolute atomic E-state index is 0.203. The van der Waals surface area contributed by atoms with E-state index >= 15 is 0 Å². The van der Waals surface area contributed by atoms with E-state index in [0.717, 1.165) is 0 Å². The lowest BCUT2D eigenvalue weighted by Crippen LogP contribution is -2.28. The van der Waals surface area contributed by atoms with Crippen LogP contribution >= 0.6 is 11.6 Å². The van der Waals surface area contributed by atoms with Crippen molar-refractivity contribution in [2.45, 2.75) is 12.8 Å². The highest BCUT2D eigenvalue weighted by Crippen LogP contribution is 2.13. The molecule has 1 aromatic carbocycles. The van der Waals surface area contributed by atoms with Crippen LogP contribution in [-0.4, -0.2) is 17.4 Å². The molecule has 0 aliphatic rings. The summed E-state index contributed by atoms with van der Waals surface area (Å²) in [6.45, 7) is 2.64. The molecule has 4 heteroatoms. The quantitative estimate of drug-likeness (QED) is 0.930. The van der Waals surface area contributed by atoms with Crippen LogP contribution in [0.15, 0.2) is 48.7 Å². The van der Waals surface area contributed by atoms with Gasteiger partial charge in [-0.1, -0.05) is 48.9 Å². The molecular formula is C15H15ClN2O. The molecule has 19 heavy (non-hydrogen) atoms. The number of nitrogens with one attached hydrogen (secondary N) is 1. The number of hydrogen-bond acceptors (Lipinski definition) is 2. The van der Waals surface area contributed by atoms with Crippen LogP contribution in [0.2, 0.25) is 5.02 Å². The number of hydrogen-bond donors (Lipinski definition) is 1. The van der Waals surface area contributed by atoms with Gasteiger partial charge in [0.15, 0.2) is 0 Å². The smallest absolute Gasteiger partial charge is 0.269 e. The van der Waals surface area contributed by atoms with Crippen LogP contribution in [0.4, 0.5) is 0 Å². The van der Waals surface area contributed by atoms with Gasteiger partial charge in [0, 0.05) is 17.8 Å². The van der Waals surface area contributed by atoms with E-state index in [9.17, 15) is 4.79 Å². The Labute approximate surface area is 117 Å². The van der Waals surface area contributed by atoms with Crippen LogP contribution < -0.4 is 5.32 Å². The van der Waals surface area contributed by atoms with E-state index < -0.39 is 0 Å². The second-order valence-electron chi connectivity index (χ2n) is 4.38. The van der Waals surface area contributed by atoms with Gasteiger partial charge in [0.1, 0.15) is 5.69 Å². The Morgan fingerprint density at radius 3 is 2.74 bits per heavy atom. The highest BCUT2D eigenvalue weighted by Gasteiger charge is 2.10. The SMILES string of the molecule is C[C@H](CNC(=O)c1cc(Cl)ccn1)c1ccccc1. The molecule has 0 radical (unpaired) electrons. The standard InChI is InChI=1S/C15H15ClN2O/c1-11(12-5-3-2-4-6-12)10-18-15(19)14-9-13(16)7-8-17-14/h2-9,11H,10H2,1H3,(H,18,19)/t11-/m1/s1. The molecule has 0 saturated heterocycles. The molecular weight excluding hydrogens is 260 g/mol. The highest BCUT2D eigenvalue weighted by atomic mass is 35.5. The molecule has 0 aliphatic heterocycles. The summed E-state index contributed by atoms with van der Waals surface area (Å²) in [4.78, 5) is 15.9. The summed E-state index contributed by atoms with van der Waals surface area (Å²) >= 11 is 5.83. The van der Waals surface area contributed by atoms with Crippen LogP contribution in [0.25, 0.3) is 0 Å². The largest absolute Gasteiger partial charge is 0.350 e. The fraction of sp³-hybridized carbons (Fsp3) is 0.200. The summed E-state index contributed by atoms with van der Waals surface area (Å²) in [6.07, 6.45) is 1.53. The number of aromatic nitrogens is 1. The lowest BCUT2D eigenvalue weighted by atomic mass is 10.0. The predicted octanol–water partition coefficient (Wildman–Crippen LogP) is 3.27. The Balaban J connectivity index is 1.94. The molecule has 1 amide bonds. The maximum absolute atomic E-state index is 11.9. The molecule has 0 bridgehead atoms. The number of amides is 1. The summed E-state index contributed by atoms with van der Waals surface area (Å²) in [7, 11) is 0. The number of rotatable bonds is 4. The zero-order chi connectivity index (χ0) is 13.7. The molecule has 3 nitrogen and oxygen atoms in total. The maximum atomic E-state index is 11.9. The van der Waals surface area contributed by atoms with Gasteiger partial charge in [0.25, 0.3) is 5.91 Å². The molecule has 0 spiro atoms.